The number of rotatable bonds is 4. The number of piperazine rings is 1. The highest BCUT2D eigenvalue weighted by Gasteiger charge is 2.31. The van der Waals surface area contributed by atoms with Gasteiger partial charge in [-0.3, -0.25) is 0 Å². The predicted molar refractivity (Wildman–Crippen MR) is 69.2 cm³/mol. The Labute approximate surface area is 111 Å². The van der Waals surface area contributed by atoms with E-state index in [0.29, 0.717) is 31.4 Å². The number of hydrogen-bond acceptors (Lipinski definition) is 7. The van der Waals surface area contributed by atoms with Gasteiger partial charge in [0.05, 0.1) is 26.1 Å². The van der Waals surface area contributed by atoms with Gasteiger partial charge in [0.1, 0.15) is 6.04 Å². The van der Waals surface area contributed by atoms with Gasteiger partial charge in [0.15, 0.2) is 5.75 Å². The molecule has 1 atom stereocenters. The van der Waals surface area contributed by atoms with Crippen LogP contribution in [0.5, 0.6) is 5.75 Å². The lowest BCUT2D eigenvalue weighted by Crippen LogP contribution is -2.56. The quantitative estimate of drug-likeness (QED) is 0.758. The molecule has 7 nitrogen and oxygen atoms in total. The summed E-state index contributed by atoms with van der Waals surface area (Å²) in [7, 11) is 1.56. The van der Waals surface area contributed by atoms with Crippen LogP contribution in [0.1, 0.15) is 6.92 Å². The first-order valence-corrected chi connectivity index (χ1v) is 6.26. The lowest BCUT2D eigenvalue weighted by Gasteiger charge is -2.34. The maximum absolute atomic E-state index is 11.9. The van der Waals surface area contributed by atoms with Crippen LogP contribution in [0.3, 0.4) is 0 Å². The molecule has 19 heavy (non-hydrogen) atoms. The highest BCUT2D eigenvalue weighted by atomic mass is 16.5. The Kier molecular flexibility index (Phi) is 4.51. The van der Waals surface area contributed by atoms with Gasteiger partial charge >= 0.3 is 5.97 Å². The summed E-state index contributed by atoms with van der Waals surface area (Å²) in [4.78, 5) is 22.2. The fourth-order valence-corrected chi connectivity index (χ4v) is 1.96. The van der Waals surface area contributed by atoms with E-state index in [1.54, 1.807) is 26.4 Å². The first kappa shape index (κ1) is 13.5. The molecule has 0 bridgehead atoms. The molecule has 1 aromatic heterocycles. The van der Waals surface area contributed by atoms with Crippen molar-refractivity contribution in [3.63, 3.8) is 0 Å². The molecule has 0 aliphatic carbocycles. The van der Waals surface area contributed by atoms with Crippen LogP contribution < -0.4 is 15.0 Å². The lowest BCUT2D eigenvalue weighted by atomic mass is 10.2. The summed E-state index contributed by atoms with van der Waals surface area (Å²) >= 11 is 0. The SMILES string of the molecule is CCOC(=O)C1CNCCN1c1ncc(OC)cn1. The van der Waals surface area contributed by atoms with E-state index in [9.17, 15) is 4.79 Å². The zero-order valence-electron chi connectivity index (χ0n) is 11.1. The van der Waals surface area contributed by atoms with Crippen molar-refractivity contribution in [2.75, 3.05) is 38.3 Å². The van der Waals surface area contributed by atoms with Gasteiger partial charge in [0.25, 0.3) is 0 Å². The number of carbonyl (C=O) groups is 1. The highest BCUT2D eigenvalue weighted by molar-refractivity contribution is 5.80. The molecule has 1 N–H and O–H groups in total. The molecule has 2 heterocycles. The van der Waals surface area contributed by atoms with Crippen LogP contribution >= 0.6 is 0 Å². The van der Waals surface area contributed by atoms with Crippen molar-refractivity contribution < 1.29 is 14.3 Å². The largest absolute Gasteiger partial charge is 0.494 e. The molecule has 1 fully saturated rings. The normalized spacial score (nSPS) is 19.1. The maximum Gasteiger partial charge on any atom is 0.330 e. The van der Waals surface area contributed by atoms with E-state index in [0.717, 1.165) is 6.54 Å². The molecule has 1 aliphatic rings. The minimum atomic E-state index is -0.387. The summed E-state index contributed by atoms with van der Waals surface area (Å²) < 4.78 is 10.1. The number of esters is 1. The van der Waals surface area contributed by atoms with Gasteiger partial charge in [-0.2, -0.15) is 0 Å². The molecule has 7 heteroatoms. The highest BCUT2D eigenvalue weighted by Crippen LogP contribution is 2.16. The minimum Gasteiger partial charge on any atom is -0.494 e. The Morgan fingerprint density at radius 1 is 1.53 bits per heavy atom. The smallest absolute Gasteiger partial charge is 0.330 e. The van der Waals surface area contributed by atoms with E-state index in [2.05, 4.69) is 15.3 Å². The molecule has 0 spiro atoms. The molecule has 1 saturated heterocycles. The lowest BCUT2D eigenvalue weighted by molar-refractivity contribution is -0.144. The van der Waals surface area contributed by atoms with Crippen LogP contribution in [0.4, 0.5) is 5.95 Å². The Morgan fingerprint density at radius 2 is 2.26 bits per heavy atom. The van der Waals surface area contributed by atoms with E-state index >= 15 is 0 Å². The number of nitrogens with zero attached hydrogens (tertiary/aromatic N) is 3. The Bertz CT molecular complexity index is 423. The zero-order chi connectivity index (χ0) is 13.7. The average molecular weight is 266 g/mol. The molecular formula is C12H18N4O3. The molecule has 1 aromatic rings. The number of ether oxygens (including phenoxy) is 2. The predicted octanol–water partition coefficient (Wildman–Crippen LogP) is -0.173. The molecule has 104 valence electrons. The number of nitrogens with one attached hydrogen (secondary N) is 1. The number of aromatic nitrogens is 2. The van der Waals surface area contributed by atoms with Crippen LogP contribution in [-0.2, 0) is 9.53 Å². The first-order chi connectivity index (χ1) is 9.26. The minimum absolute atomic E-state index is 0.255. The fourth-order valence-electron chi connectivity index (χ4n) is 1.96. The summed E-state index contributed by atoms with van der Waals surface area (Å²) in [5.41, 5.74) is 0. The van der Waals surface area contributed by atoms with E-state index < -0.39 is 0 Å². The fraction of sp³-hybridized carbons (Fsp3) is 0.583. The number of anilines is 1. The Morgan fingerprint density at radius 3 is 2.89 bits per heavy atom. The van der Waals surface area contributed by atoms with E-state index in [-0.39, 0.29) is 12.0 Å². The van der Waals surface area contributed by atoms with Crippen molar-refractivity contribution in [1.82, 2.24) is 15.3 Å². The zero-order valence-corrected chi connectivity index (χ0v) is 11.1. The van der Waals surface area contributed by atoms with E-state index in [1.165, 1.54) is 0 Å². The Balaban J connectivity index is 2.15. The van der Waals surface area contributed by atoms with Gasteiger partial charge in [0, 0.05) is 19.6 Å². The molecule has 0 aromatic carbocycles. The van der Waals surface area contributed by atoms with Crippen LogP contribution in [-0.4, -0.2) is 55.3 Å². The third-order valence-electron chi connectivity index (χ3n) is 2.91. The molecule has 0 amide bonds. The molecule has 2 rings (SSSR count). The van der Waals surface area contributed by atoms with Gasteiger partial charge in [-0.05, 0) is 6.92 Å². The van der Waals surface area contributed by atoms with Crippen molar-refractivity contribution in [3.8, 4) is 5.75 Å². The summed E-state index contributed by atoms with van der Waals surface area (Å²) in [6.45, 7) is 4.14. The van der Waals surface area contributed by atoms with Gasteiger partial charge < -0.3 is 19.7 Å². The summed E-state index contributed by atoms with van der Waals surface area (Å²) in [6, 6.07) is -0.387. The second-order valence-corrected chi connectivity index (χ2v) is 4.09. The van der Waals surface area contributed by atoms with Crippen molar-refractivity contribution in [1.29, 1.82) is 0 Å². The third kappa shape index (κ3) is 3.11. The molecular weight excluding hydrogens is 248 g/mol. The summed E-state index contributed by atoms with van der Waals surface area (Å²) in [5.74, 6) is 0.848. The van der Waals surface area contributed by atoms with Gasteiger partial charge in [-0.25, -0.2) is 14.8 Å². The standard InChI is InChI=1S/C12H18N4O3/c1-3-19-11(17)10-8-13-4-5-16(10)12-14-6-9(18-2)7-15-12/h6-7,10,13H,3-5,8H2,1-2H3. The van der Waals surface area contributed by atoms with Crippen molar-refractivity contribution in [3.05, 3.63) is 12.4 Å². The maximum atomic E-state index is 11.9. The molecule has 1 unspecified atom stereocenters. The van der Waals surface area contributed by atoms with Crippen molar-refractivity contribution >= 4 is 11.9 Å². The van der Waals surface area contributed by atoms with Gasteiger partial charge in [0.2, 0.25) is 5.95 Å². The van der Waals surface area contributed by atoms with E-state index in [4.69, 9.17) is 9.47 Å². The summed E-state index contributed by atoms with van der Waals surface area (Å²) in [6.07, 6.45) is 3.18. The topological polar surface area (TPSA) is 76.6 Å². The first-order valence-electron chi connectivity index (χ1n) is 6.26. The van der Waals surface area contributed by atoms with Gasteiger partial charge in [-0.15, -0.1) is 0 Å². The second kappa shape index (κ2) is 6.33. The van der Waals surface area contributed by atoms with Crippen LogP contribution in [0.25, 0.3) is 0 Å². The monoisotopic (exact) mass is 266 g/mol. The van der Waals surface area contributed by atoms with Crippen molar-refractivity contribution in [2.24, 2.45) is 0 Å². The van der Waals surface area contributed by atoms with Crippen LogP contribution in [0.2, 0.25) is 0 Å². The summed E-state index contributed by atoms with van der Waals surface area (Å²) in [5, 5.41) is 3.17. The average Bonchev–Trinajstić information content (AvgIpc) is 2.47. The number of hydrogen-bond donors (Lipinski definition) is 1. The molecule has 0 radical (unpaired) electrons. The van der Waals surface area contributed by atoms with E-state index in [1.807, 2.05) is 4.90 Å². The Hall–Kier alpha value is -1.89. The van der Waals surface area contributed by atoms with Crippen LogP contribution in [0, 0.1) is 0 Å². The molecule has 0 saturated carbocycles. The number of methoxy groups -OCH3 is 1. The third-order valence-corrected chi connectivity index (χ3v) is 2.91. The van der Waals surface area contributed by atoms with Crippen LogP contribution in [0.15, 0.2) is 12.4 Å². The van der Waals surface area contributed by atoms with Gasteiger partial charge in [-0.1, -0.05) is 0 Å². The second-order valence-electron chi connectivity index (χ2n) is 4.09. The van der Waals surface area contributed by atoms with Crippen molar-refractivity contribution in [2.45, 2.75) is 13.0 Å². The number of carbonyl (C=O) groups excluding carboxylic acids is 1. The molecule has 1 aliphatic heterocycles.